The fourth-order valence-corrected chi connectivity index (χ4v) is 1.74. The number of phenols is 1. The molecule has 0 aliphatic rings. The van der Waals surface area contributed by atoms with E-state index in [-0.39, 0.29) is 11.8 Å². The van der Waals surface area contributed by atoms with Gasteiger partial charge < -0.3 is 19.9 Å². The number of methoxy groups -OCH3 is 1. The van der Waals surface area contributed by atoms with Gasteiger partial charge in [0.05, 0.1) is 20.3 Å². The summed E-state index contributed by atoms with van der Waals surface area (Å²) in [5.41, 5.74) is 0.854. The van der Waals surface area contributed by atoms with Gasteiger partial charge in [0.1, 0.15) is 11.5 Å². The molecule has 1 aromatic carbocycles. The van der Waals surface area contributed by atoms with E-state index in [1.807, 2.05) is 25.1 Å². The monoisotopic (exact) mass is 265 g/mol. The van der Waals surface area contributed by atoms with Crippen molar-refractivity contribution in [2.45, 2.75) is 19.4 Å². The molecular formula is C15H23NO3. The van der Waals surface area contributed by atoms with Gasteiger partial charge in [0.25, 0.3) is 0 Å². The Kier molecular flexibility index (Phi) is 7.00. The van der Waals surface area contributed by atoms with Crippen LogP contribution in [0, 0.1) is 0 Å². The predicted molar refractivity (Wildman–Crippen MR) is 76.7 cm³/mol. The van der Waals surface area contributed by atoms with E-state index in [0.717, 1.165) is 18.5 Å². The summed E-state index contributed by atoms with van der Waals surface area (Å²) in [4.78, 5) is 0. The van der Waals surface area contributed by atoms with Crippen molar-refractivity contribution in [3.8, 4) is 11.5 Å². The van der Waals surface area contributed by atoms with Crippen LogP contribution >= 0.6 is 0 Å². The molecule has 0 saturated carbocycles. The summed E-state index contributed by atoms with van der Waals surface area (Å²) in [6, 6.07) is 5.39. The van der Waals surface area contributed by atoms with Gasteiger partial charge in [-0.05, 0) is 19.4 Å². The Labute approximate surface area is 115 Å². The first-order valence-electron chi connectivity index (χ1n) is 6.48. The third-order valence-corrected chi connectivity index (χ3v) is 2.87. The van der Waals surface area contributed by atoms with Gasteiger partial charge in [0.15, 0.2) is 0 Å². The Morgan fingerprint density at radius 3 is 2.84 bits per heavy atom. The van der Waals surface area contributed by atoms with Crippen LogP contribution in [0.2, 0.25) is 0 Å². The highest BCUT2D eigenvalue weighted by atomic mass is 16.5. The minimum Gasteiger partial charge on any atom is -0.507 e. The van der Waals surface area contributed by atoms with Crippen LogP contribution in [-0.2, 0) is 4.74 Å². The summed E-state index contributed by atoms with van der Waals surface area (Å²) in [6.45, 7) is 7.73. The summed E-state index contributed by atoms with van der Waals surface area (Å²) in [7, 11) is 1.58. The molecule has 0 heterocycles. The molecule has 0 aromatic heterocycles. The van der Waals surface area contributed by atoms with E-state index >= 15 is 0 Å². The predicted octanol–water partition coefficient (Wildman–Crippen LogP) is 2.64. The van der Waals surface area contributed by atoms with Gasteiger partial charge >= 0.3 is 0 Å². The quantitative estimate of drug-likeness (QED) is 0.532. The minimum atomic E-state index is 0.0638. The van der Waals surface area contributed by atoms with Crippen molar-refractivity contribution in [2.24, 2.45) is 0 Å². The third kappa shape index (κ3) is 5.32. The summed E-state index contributed by atoms with van der Waals surface area (Å²) < 4.78 is 10.5. The molecule has 2 N–H and O–H groups in total. The zero-order valence-corrected chi connectivity index (χ0v) is 11.7. The van der Waals surface area contributed by atoms with Crippen LogP contribution in [0.1, 0.15) is 24.9 Å². The third-order valence-electron chi connectivity index (χ3n) is 2.87. The average molecular weight is 265 g/mol. The number of nitrogens with one attached hydrogen (secondary N) is 1. The van der Waals surface area contributed by atoms with Crippen LogP contribution in [-0.4, -0.2) is 32.0 Å². The Bertz CT molecular complexity index is 393. The number of rotatable bonds is 9. The van der Waals surface area contributed by atoms with E-state index in [1.165, 1.54) is 0 Å². The van der Waals surface area contributed by atoms with Crippen molar-refractivity contribution in [1.29, 1.82) is 0 Å². The van der Waals surface area contributed by atoms with Crippen LogP contribution in [0.25, 0.3) is 0 Å². The number of ether oxygens (including phenoxy) is 2. The second-order valence-electron chi connectivity index (χ2n) is 4.29. The topological polar surface area (TPSA) is 50.7 Å². The fraction of sp³-hybridized carbons (Fsp3) is 0.467. The van der Waals surface area contributed by atoms with Crippen LogP contribution in [0.3, 0.4) is 0 Å². The highest BCUT2D eigenvalue weighted by Crippen LogP contribution is 2.27. The summed E-state index contributed by atoms with van der Waals surface area (Å²) in [5.74, 6) is 0.896. The normalized spacial score (nSPS) is 12.1. The second kappa shape index (κ2) is 8.56. The lowest BCUT2D eigenvalue weighted by Crippen LogP contribution is -2.23. The van der Waals surface area contributed by atoms with Crippen molar-refractivity contribution >= 4 is 0 Å². The molecule has 106 valence electrons. The van der Waals surface area contributed by atoms with Gasteiger partial charge in [-0.1, -0.05) is 12.1 Å². The average Bonchev–Trinajstić information content (AvgIpc) is 2.42. The Morgan fingerprint density at radius 1 is 1.42 bits per heavy atom. The summed E-state index contributed by atoms with van der Waals surface area (Å²) in [5, 5.41) is 13.2. The summed E-state index contributed by atoms with van der Waals surface area (Å²) in [6.07, 6.45) is 2.71. The molecule has 0 aliphatic carbocycles. The SMILES string of the molecule is C=CCCOCCNC(C)c1ccc(OC)cc1O. The smallest absolute Gasteiger partial charge is 0.124 e. The van der Waals surface area contributed by atoms with Gasteiger partial charge in [-0.3, -0.25) is 0 Å². The molecule has 0 radical (unpaired) electrons. The molecule has 1 atom stereocenters. The highest BCUT2D eigenvalue weighted by Gasteiger charge is 2.10. The number of aromatic hydroxyl groups is 1. The lowest BCUT2D eigenvalue weighted by Gasteiger charge is -2.16. The van der Waals surface area contributed by atoms with Crippen molar-refractivity contribution in [2.75, 3.05) is 26.9 Å². The molecular weight excluding hydrogens is 242 g/mol. The van der Waals surface area contributed by atoms with Crippen LogP contribution < -0.4 is 10.1 Å². The van der Waals surface area contributed by atoms with Crippen LogP contribution in [0.4, 0.5) is 0 Å². The van der Waals surface area contributed by atoms with Gasteiger partial charge in [-0.25, -0.2) is 0 Å². The minimum absolute atomic E-state index is 0.0638. The lowest BCUT2D eigenvalue weighted by atomic mass is 10.1. The zero-order chi connectivity index (χ0) is 14.1. The molecule has 1 aromatic rings. The van der Waals surface area contributed by atoms with E-state index in [1.54, 1.807) is 13.2 Å². The van der Waals surface area contributed by atoms with E-state index < -0.39 is 0 Å². The first-order chi connectivity index (χ1) is 9.19. The van der Waals surface area contributed by atoms with E-state index in [0.29, 0.717) is 19.0 Å². The maximum atomic E-state index is 9.90. The maximum absolute atomic E-state index is 9.90. The van der Waals surface area contributed by atoms with Gasteiger partial charge in [0.2, 0.25) is 0 Å². The standard InChI is InChI=1S/C15H23NO3/c1-4-5-9-19-10-8-16-12(2)14-7-6-13(18-3)11-15(14)17/h4,6-7,11-12,16-17H,1,5,8-10H2,2-3H3. The second-order valence-corrected chi connectivity index (χ2v) is 4.29. The number of hydrogen-bond donors (Lipinski definition) is 2. The molecule has 1 rings (SSSR count). The van der Waals surface area contributed by atoms with E-state index in [2.05, 4.69) is 11.9 Å². The van der Waals surface area contributed by atoms with Gasteiger partial charge in [-0.15, -0.1) is 6.58 Å². The first-order valence-corrected chi connectivity index (χ1v) is 6.48. The molecule has 0 spiro atoms. The van der Waals surface area contributed by atoms with Crippen molar-refractivity contribution in [3.63, 3.8) is 0 Å². The fourth-order valence-electron chi connectivity index (χ4n) is 1.74. The lowest BCUT2D eigenvalue weighted by molar-refractivity contribution is 0.138. The molecule has 4 nitrogen and oxygen atoms in total. The molecule has 0 saturated heterocycles. The Morgan fingerprint density at radius 2 is 2.21 bits per heavy atom. The number of phenolic OH excluding ortho intramolecular Hbond substituents is 1. The largest absolute Gasteiger partial charge is 0.507 e. The molecule has 1 unspecified atom stereocenters. The van der Waals surface area contributed by atoms with Crippen LogP contribution in [0.15, 0.2) is 30.9 Å². The molecule has 4 heteroatoms. The highest BCUT2D eigenvalue weighted by molar-refractivity contribution is 5.41. The molecule has 19 heavy (non-hydrogen) atoms. The number of benzene rings is 1. The summed E-state index contributed by atoms with van der Waals surface area (Å²) >= 11 is 0. The van der Waals surface area contributed by atoms with Crippen LogP contribution in [0.5, 0.6) is 11.5 Å². The Hall–Kier alpha value is -1.52. The van der Waals surface area contributed by atoms with Crippen molar-refractivity contribution in [1.82, 2.24) is 5.32 Å². The van der Waals surface area contributed by atoms with E-state index in [9.17, 15) is 5.11 Å². The van der Waals surface area contributed by atoms with Gasteiger partial charge in [0, 0.05) is 24.2 Å². The van der Waals surface area contributed by atoms with Gasteiger partial charge in [-0.2, -0.15) is 0 Å². The maximum Gasteiger partial charge on any atom is 0.124 e. The van der Waals surface area contributed by atoms with Crippen molar-refractivity contribution in [3.05, 3.63) is 36.4 Å². The number of hydrogen-bond acceptors (Lipinski definition) is 4. The Balaban J connectivity index is 2.36. The first kappa shape index (κ1) is 15.5. The van der Waals surface area contributed by atoms with E-state index in [4.69, 9.17) is 9.47 Å². The van der Waals surface area contributed by atoms with Crippen molar-refractivity contribution < 1.29 is 14.6 Å². The zero-order valence-electron chi connectivity index (χ0n) is 11.7. The molecule has 0 amide bonds. The molecule has 0 bridgehead atoms. The molecule has 0 fully saturated rings. The molecule has 0 aliphatic heterocycles.